The topological polar surface area (TPSA) is 18.5 Å². The van der Waals surface area contributed by atoms with Gasteiger partial charge in [-0.2, -0.15) is 0 Å². The molecule has 75 valence electrons. The number of ether oxygens (including phenoxy) is 2. The molecule has 1 aliphatic rings. The molecule has 1 aromatic rings. The van der Waals surface area contributed by atoms with Crippen molar-refractivity contribution in [2.45, 2.75) is 25.4 Å². The van der Waals surface area contributed by atoms with E-state index in [2.05, 4.69) is 19.1 Å². The Balaban J connectivity index is 2.09. The van der Waals surface area contributed by atoms with E-state index in [1.807, 2.05) is 18.7 Å². The summed E-state index contributed by atoms with van der Waals surface area (Å²) in [6.07, 6.45) is 1.42. The van der Waals surface area contributed by atoms with E-state index in [1.165, 1.54) is 5.56 Å². The van der Waals surface area contributed by atoms with Crippen molar-refractivity contribution in [1.82, 2.24) is 0 Å². The summed E-state index contributed by atoms with van der Waals surface area (Å²) in [7, 11) is 1.68. The van der Waals surface area contributed by atoms with Crippen LogP contribution in [0.1, 0.15) is 24.8 Å². The molecular weight excluding hydrogens is 176 g/mol. The number of methoxy groups -OCH3 is 1. The highest BCUT2D eigenvalue weighted by Gasteiger charge is 2.23. The van der Waals surface area contributed by atoms with Crippen molar-refractivity contribution in [1.29, 1.82) is 0 Å². The third-order valence-electron chi connectivity index (χ3n) is 2.60. The molecule has 2 rings (SSSR count). The second-order valence-corrected chi connectivity index (χ2v) is 3.70. The Labute approximate surface area is 84.8 Å². The van der Waals surface area contributed by atoms with E-state index in [4.69, 9.17) is 9.47 Å². The van der Waals surface area contributed by atoms with E-state index in [1.54, 1.807) is 7.11 Å². The van der Waals surface area contributed by atoms with Crippen LogP contribution in [0.5, 0.6) is 5.75 Å². The Morgan fingerprint density at radius 3 is 2.50 bits per heavy atom. The molecule has 2 atom stereocenters. The van der Waals surface area contributed by atoms with Gasteiger partial charge in [-0.1, -0.05) is 12.1 Å². The second-order valence-electron chi connectivity index (χ2n) is 3.70. The van der Waals surface area contributed by atoms with Crippen LogP contribution >= 0.6 is 0 Å². The summed E-state index contributed by atoms with van der Waals surface area (Å²) in [5, 5.41) is 0. The summed E-state index contributed by atoms with van der Waals surface area (Å²) in [5.74, 6) is 1.34. The van der Waals surface area contributed by atoms with E-state index in [-0.39, 0.29) is 0 Å². The van der Waals surface area contributed by atoms with Crippen LogP contribution in [0.3, 0.4) is 0 Å². The highest BCUT2D eigenvalue weighted by molar-refractivity contribution is 5.30. The standard InChI is InChI=1S/C12H15O2/c1-9-7-11(8-14-9)10-3-5-12(13-2)6-4-10/h3-6,8-9,11H,7H2,1-2H3. The highest BCUT2D eigenvalue weighted by atomic mass is 16.5. The fourth-order valence-electron chi connectivity index (χ4n) is 1.76. The lowest BCUT2D eigenvalue weighted by molar-refractivity contribution is 0.170. The molecule has 1 radical (unpaired) electrons. The van der Waals surface area contributed by atoms with Crippen molar-refractivity contribution in [3.63, 3.8) is 0 Å². The first-order valence-corrected chi connectivity index (χ1v) is 4.92. The molecule has 1 heterocycles. The Morgan fingerprint density at radius 1 is 1.29 bits per heavy atom. The predicted octanol–water partition coefficient (Wildman–Crippen LogP) is 2.75. The van der Waals surface area contributed by atoms with Crippen molar-refractivity contribution in [2.75, 3.05) is 7.11 Å². The molecular formula is C12H15O2. The maximum Gasteiger partial charge on any atom is 0.118 e. The molecule has 0 aliphatic carbocycles. The maximum absolute atomic E-state index is 5.42. The minimum absolute atomic E-state index is 0.349. The van der Waals surface area contributed by atoms with Crippen LogP contribution in [0.2, 0.25) is 0 Å². The van der Waals surface area contributed by atoms with Gasteiger partial charge in [0.1, 0.15) is 5.75 Å². The minimum Gasteiger partial charge on any atom is -0.497 e. The van der Waals surface area contributed by atoms with Crippen LogP contribution in [0.4, 0.5) is 0 Å². The van der Waals surface area contributed by atoms with Gasteiger partial charge in [-0.25, -0.2) is 0 Å². The minimum atomic E-state index is 0.349. The molecule has 0 spiro atoms. The quantitative estimate of drug-likeness (QED) is 0.715. The Morgan fingerprint density at radius 2 is 2.00 bits per heavy atom. The molecule has 2 unspecified atom stereocenters. The van der Waals surface area contributed by atoms with Gasteiger partial charge in [0, 0.05) is 5.92 Å². The third-order valence-corrected chi connectivity index (χ3v) is 2.60. The zero-order valence-electron chi connectivity index (χ0n) is 8.57. The van der Waals surface area contributed by atoms with Crippen LogP contribution in [-0.2, 0) is 4.74 Å². The zero-order valence-corrected chi connectivity index (χ0v) is 8.57. The molecule has 1 fully saturated rings. The largest absolute Gasteiger partial charge is 0.497 e. The van der Waals surface area contributed by atoms with Crippen LogP contribution in [0.15, 0.2) is 24.3 Å². The van der Waals surface area contributed by atoms with Gasteiger partial charge >= 0.3 is 0 Å². The summed E-state index contributed by atoms with van der Waals surface area (Å²) < 4.78 is 10.5. The first-order valence-electron chi connectivity index (χ1n) is 4.92. The van der Waals surface area contributed by atoms with E-state index >= 15 is 0 Å². The first-order chi connectivity index (χ1) is 6.79. The molecule has 2 nitrogen and oxygen atoms in total. The lowest BCUT2D eigenvalue weighted by Gasteiger charge is -2.08. The van der Waals surface area contributed by atoms with Crippen molar-refractivity contribution >= 4 is 0 Å². The Hall–Kier alpha value is -1.02. The van der Waals surface area contributed by atoms with Gasteiger partial charge < -0.3 is 9.47 Å². The first kappa shape index (κ1) is 9.53. The van der Waals surface area contributed by atoms with E-state index in [0.717, 1.165) is 12.2 Å². The van der Waals surface area contributed by atoms with Crippen molar-refractivity contribution in [3.05, 3.63) is 36.4 Å². The van der Waals surface area contributed by atoms with Crippen LogP contribution < -0.4 is 4.74 Å². The lowest BCUT2D eigenvalue weighted by Crippen LogP contribution is -1.96. The van der Waals surface area contributed by atoms with E-state index < -0.39 is 0 Å². The molecule has 1 saturated heterocycles. The molecule has 0 saturated carbocycles. The van der Waals surface area contributed by atoms with Gasteiger partial charge in [0.2, 0.25) is 0 Å². The molecule has 0 aromatic heterocycles. The summed E-state index contributed by atoms with van der Waals surface area (Å²) in [6.45, 7) is 4.03. The SMILES string of the molecule is COc1ccc(C2[CH]OC(C)C2)cc1. The number of hydrogen-bond acceptors (Lipinski definition) is 2. The van der Waals surface area contributed by atoms with Gasteiger partial charge in [-0.15, -0.1) is 0 Å². The predicted molar refractivity (Wildman–Crippen MR) is 55.2 cm³/mol. The normalized spacial score (nSPS) is 26.4. The average molecular weight is 191 g/mol. The fourth-order valence-corrected chi connectivity index (χ4v) is 1.76. The number of rotatable bonds is 2. The van der Waals surface area contributed by atoms with Gasteiger partial charge in [-0.3, -0.25) is 0 Å². The molecule has 0 N–H and O–H groups in total. The molecule has 2 heteroatoms. The Bertz CT molecular complexity index is 292. The van der Waals surface area contributed by atoms with Crippen molar-refractivity contribution in [2.24, 2.45) is 0 Å². The summed E-state index contributed by atoms with van der Waals surface area (Å²) in [6, 6.07) is 8.18. The molecule has 0 bridgehead atoms. The summed E-state index contributed by atoms with van der Waals surface area (Å²) in [5.41, 5.74) is 1.30. The van der Waals surface area contributed by atoms with Gasteiger partial charge in [0.05, 0.1) is 19.8 Å². The molecule has 0 amide bonds. The van der Waals surface area contributed by atoms with Crippen molar-refractivity contribution < 1.29 is 9.47 Å². The second kappa shape index (κ2) is 4.01. The fraction of sp³-hybridized carbons (Fsp3) is 0.417. The molecule has 14 heavy (non-hydrogen) atoms. The zero-order chi connectivity index (χ0) is 9.97. The van der Waals surface area contributed by atoms with Crippen LogP contribution in [-0.4, -0.2) is 13.2 Å². The summed E-state index contributed by atoms with van der Waals surface area (Å²) in [4.78, 5) is 0. The van der Waals surface area contributed by atoms with Crippen molar-refractivity contribution in [3.8, 4) is 5.75 Å². The Kier molecular flexibility index (Phi) is 2.73. The third kappa shape index (κ3) is 1.90. The average Bonchev–Trinajstić information content (AvgIpc) is 2.65. The lowest BCUT2D eigenvalue weighted by atomic mass is 9.97. The smallest absolute Gasteiger partial charge is 0.118 e. The van der Waals surface area contributed by atoms with Crippen LogP contribution in [0.25, 0.3) is 0 Å². The van der Waals surface area contributed by atoms with Gasteiger partial charge in [0.25, 0.3) is 0 Å². The van der Waals surface area contributed by atoms with E-state index in [0.29, 0.717) is 12.0 Å². The summed E-state index contributed by atoms with van der Waals surface area (Å²) >= 11 is 0. The molecule has 1 aliphatic heterocycles. The number of hydrogen-bond donors (Lipinski definition) is 0. The maximum atomic E-state index is 5.42. The van der Waals surface area contributed by atoms with E-state index in [9.17, 15) is 0 Å². The number of benzene rings is 1. The van der Waals surface area contributed by atoms with Gasteiger partial charge in [0.15, 0.2) is 0 Å². The highest BCUT2D eigenvalue weighted by Crippen LogP contribution is 2.32. The molecule has 1 aromatic carbocycles. The van der Waals surface area contributed by atoms with Crippen LogP contribution in [0, 0.1) is 6.61 Å². The monoisotopic (exact) mass is 191 g/mol. The van der Waals surface area contributed by atoms with Gasteiger partial charge in [-0.05, 0) is 31.0 Å².